The predicted octanol–water partition coefficient (Wildman–Crippen LogP) is 7.27. The van der Waals surface area contributed by atoms with Gasteiger partial charge in [0.2, 0.25) is 0 Å². The summed E-state index contributed by atoms with van der Waals surface area (Å²) in [5, 5.41) is 9.43. The van der Waals surface area contributed by atoms with E-state index in [4.69, 9.17) is 14.6 Å². The van der Waals surface area contributed by atoms with Crippen molar-refractivity contribution >= 4 is 22.6 Å². The molecule has 0 atom stereocenters. The number of nitrogens with one attached hydrogen (secondary N) is 1. The first kappa shape index (κ1) is 24.5. The Morgan fingerprint density at radius 2 is 1.71 bits per heavy atom. The van der Waals surface area contributed by atoms with Crippen LogP contribution in [0, 0.1) is 5.41 Å². The van der Waals surface area contributed by atoms with E-state index in [1.165, 1.54) is 0 Å². The van der Waals surface area contributed by atoms with Crippen molar-refractivity contribution in [3.05, 3.63) is 71.6 Å². The minimum atomic E-state index is -0.309. The van der Waals surface area contributed by atoms with Gasteiger partial charge in [-0.15, -0.1) is 0 Å². The second-order valence-electron chi connectivity index (χ2n) is 8.78. The van der Waals surface area contributed by atoms with Crippen LogP contribution in [0.2, 0.25) is 0 Å². The van der Waals surface area contributed by atoms with Gasteiger partial charge in [0, 0.05) is 47.4 Å². The molecular formula is C30H34N2O3. The SMILES string of the molecule is CCCCCCOC(=O)c1ccccc1-c1c2ccc(=N)cc-2oc2cc(N(CC)CC)ccc12. The summed E-state index contributed by atoms with van der Waals surface area (Å²) in [5.41, 5.74) is 4.95. The Morgan fingerprint density at radius 1 is 0.914 bits per heavy atom. The molecule has 1 heterocycles. The fourth-order valence-corrected chi connectivity index (χ4v) is 4.61. The van der Waals surface area contributed by atoms with Crippen molar-refractivity contribution in [2.24, 2.45) is 0 Å². The second-order valence-corrected chi connectivity index (χ2v) is 8.78. The molecule has 1 N–H and O–H groups in total. The molecule has 0 unspecified atom stereocenters. The van der Waals surface area contributed by atoms with Crippen LogP contribution < -0.4 is 10.3 Å². The quantitative estimate of drug-likeness (QED) is 0.150. The van der Waals surface area contributed by atoms with Crippen molar-refractivity contribution in [1.82, 2.24) is 0 Å². The van der Waals surface area contributed by atoms with Gasteiger partial charge in [-0.2, -0.15) is 0 Å². The highest BCUT2D eigenvalue weighted by Gasteiger charge is 2.22. The van der Waals surface area contributed by atoms with Crippen molar-refractivity contribution < 1.29 is 13.9 Å². The number of nitrogens with zero attached hydrogens (tertiary/aromatic N) is 1. The third-order valence-corrected chi connectivity index (χ3v) is 6.48. The van der Waals surface area contributed by atoms with Crippen molar-refractivity contribution in [2.75, 3.05) is 24.6 Å². The fourth-order valence-electron chi connectivity index (χ4n) is 4.61. The van der Waals surface area contributed by atoms with E-state index in [1.54, 1.807) is 12.1 Å². The Bertz CT molecular complexity index is 1340. The van der Waals surface area contributed by atoms with Crippen LogP contribution in [0.25, 0.3) is 33.4 Å². The van der Waals surface area contributed by atoms with E-state index in [2.05, 4.69) is 43.9 Å². The van der Waals surface area contributed by atoms with Crippen LogP contribution >= 0.6 is 0 Å². The topological polar surface area (TPSA) is 66.5 Å². The molecule has 0 fully saturated rings. The summed E-state index contributed by atoms with van der Waals surface area (Å²) in [7, 11) is 0. The predicted molar refractivity (Wildman–Crippen MR) is 142 cm³/mol. The standard InChI is InChI=1S/C30H34N2O3/c1-4-7-8-11-18-34-30(33)24-13-10-9-12-23(24)29-25-16-14-21(31)19-27(25)35-28-20-22(15-17-26(28)29)32(5-2)6-3/h9-10,12-17,19-20,31H,4-8,11,18H2,1-3H3. The van der Waals surface area contributed by atoms with Gasteiger partial charge in [-0.25, -0.2) is 4.79 Å². The second kappa shape index (κ2) is 11.2. The third kappa shape index (κ3) is 5.24. The maximum atomic E-state index is 13.1. The Kier molecular flexibility index (Phi) is 7.86. The molecule has 2 aromatic carbocycles. The maximum Gasteiger partial charge on any atom is 0.338 e. The first-order valence-electron chi connectivity index (χ1n) is 12.6. The van der Waals surface area contributed by atoms with Crippen LogP contribution in [0.1, 0.15) is 56.8 Å². The molecule has 0 saturated carbocycles. The van der Waals surface area contributed by atoms with Gasteiger partial charge in [-0.1, -0.05) is 44.4 Å². The Labute approximate surface area is 207 Å². The molecule has 0 aromatic heterocycles. The number of hydrogen-bond donors (Lipinski definition) is 1. The van der Waals surface area contributed by atoms with Gasteiger partial charge < -0.3 is 19.5 Å². The van der Waals surface area contributed by atoms with Gasteiger partial charge in [0.25, 0.3) is 0 Å². The molecule has 5 nitrogen and oxygen atoms in total. The van der Waals surface area contributed by atoms with Crippen LogP contribution in [0.15, 0.2) is 65.1 Å². The van der Waals surface area contributed by atoms with E-state index in [-0.39, 0.29) is 5.97 Å². The molecule has 0 amide bonds. The number of anilines is 1. The zero-order chi connectivity index (χ0) is 24.8. The van der Waals surface area contributed by atoms with Crippen LogP contribution in [0.5, 0.6) is 0 Å². The minimum absolute atomic E-state index is 0.309. The highest BCUT2D eigenvalue weighted by Crippen LogP contribution is 2.42. The van der Waals surface area contributed by atoms with Gasteiger partial charge in [0.15, 0.2) is 0 Å². The van der Waals surface area contributed by atoms with Crippen LogP contribution in [0.4, 0.5) is 5.69 Å². The maximum absolute atomic E-state index is 13.1. The number of carbonyl (C=O) groups excluding carboxylic acids is 1. The molecule has 2 aliphatic rings. The summed E-state index contributed by atoms with van der Waals surface area (Å²) in [6.45, 7) is 8.64. The lowest BCUT2D eigenvalue weighted by molar-refractivity contribution is 0.0498. The van der Waals surface area contributed by atoms with Gasteiger partial charge in [0.1, 0.15) is 11.3 Å². The number of esters is 1. The Balaban J connectivity index is 1.85. The van der Waals surface area contributed by atoms with Gasteiger partial charge in [-0.05, 0) is 56.2 Å². The molecular weight excluding hydrogens is 436 g/mol. The van der Waals surface area contributed by atoms with Crippen molar-refractivity contribution in [3.63, 3.8) is 0 Å². The molecule has 4 rings (SSSR count). The largest absolute Gasteiger partial charge is 0.462 e. The molecule has 0 saturated heterocycles. The van der Waals surface area contributed by atoms with E-state index in [0.717, 1.165) is 72.1 Å². The van der Waals surface area contributed by atoms with E-state index in [1.807, 2.05) is 30.3 Å². The Hall–Kier alpha value is -3.60. The summed E-state index contributed by atoms with van der Waals surface area (Å²) in [6.07, 6.45) is 4.22. The van der Waals surface area contributed by atoms with Gasteiger partial charge in [0.05, 0.1) is 17.5 Å². The monoisotopic (exact) mass is 470 g/mol. The number of benzene rings is 3. The van der Waals surface area contributed by atoms with Crippen molar-refractivity contribution in [2.45, 2.75) is 46.5 Å². The summed E-state index contributed by atoms with van der Waals surface area (Å²) in [6, 6.07) is 19.2. The summed E-state index contributed by atoms with van der Waals surface area (Å²) in [4.78, 5) is 15.4. The number of fused-ring (bicyclic) bond motifs is 2. The summed E-state index contributed by atoms with van der Waals surface area (Å²) >= 11 is 0. The molecule has 5 heteroatoms. The first-order valence-corrected chi connectivity index (χ1v) is 12.6. The molecule has 1 aliphatic carbocycles. The van der Waals surface area contributed by atoms with Crippen LogP contribution in [-0.4, -0.2) is 25.7 Å². The zero-order valence-electron chi connectivity index (χ0n) is 20.9. The van der Waals surface area contributed by atoms with Crippen LogP contribution in [-0.2, 0) is 4.74 Å². The number of ether oxygens (including phenoxy) is 1. The summed E-state index contributed by atoms with van der Waals surface area (Å²) in [5.74, 6) is 0.315. The van der Waals surface area contributed by atoms with Gasteiger partial charge in [-0.3, -0.25) is 0 Å². The van der Waals surface area contributed by atoms with Crippen LogP contribution in [0.3, 0.4) is 0 Å². The van der Waals surface area contributed by atoms with E-state index >= 15 is 0 Å². The highest BCUT2D eigenvalue weighted by atomic mass is 16.5. The Morgan fingerprint density at radius 3 is 2.49 bits per heavy atom. The first-order chi connectivity index (χ1) is 17.1. The molecule has 0 radical (unpaired) electrons. The molecule has 182 valence electrons. The van der Waals surface area contributed by atoms with Crippen molar-refractivity contribution in [1.29, 1.82) is 5.41 Å². The lowest BCUT2D eigenvalue weighted by Gasteiger charge is -2.22. The summed E-state index contributed by atoms with van der Waals surface area (Å²) < 4.78 is 12.0. The smallest absolute Gasteiger partial charge is 0.338 e. The number of hydrogen-bond acceptors (Lipinski definition) is 5. The number of carbonyl (C=O) groups is 1. The zero-order valence-corrected chi connectivity index (χ0v) is 20.9. The number of unbranched alkanes of at least 4 members (excludes halogenated alkanes) is 3. The molecule has 35 heavy (non-hydrogen) atoms. The molecule has 1 aliphatic heterocycles. The fraction of sp³-hybridized carbons (Fsp3) is 0.333. The van der Waals surface area contributed by atoms with Gasteiger partial charge >= 0.3 is 5.97 Å². The van der Waals surface area contributed by atoms with E-state index < -0.39 is 0 Å². The minimum Gasteiger partial charge on any atom is -0.462 e. The van der Waals surface area contributed by atoms with Crippen molar-refractivity contribution in [3.8, 4) is 22.5 Å². The van der Waals surface area contributed by atoms with E-state index in [0.29, 0.717) is 23.3 Å². The average Bonchev–Trinajstić information content (AvgIpc) is 2.87. The highest BCUT2D eigenvalue weighted by molar-refractivity contribution is 6.08. The van der Waals surface area contributed by atoms with E-state index in [9.17, 15) is 4.79 Å². The lowest BCUT2D eigenvalue weighted by atomic mass is 9.90. The molecule has 0 spiro atoms. The molecule has 2 aromatic rings. The third-order valence-electron chi connectivity index (χ3n) is 6.48. The normalized spacial score (nSPS) is 11.2. The lowest BCUT2D eigenvalue weighted by Crippen LogP contribution is -2.21. The molecule has 0 bridgehead atoms. The number of rotatable bonds is 10. The average molecular weight is 471 g/mol.